The number of amides is 1. The van der Waals surface area contributed by atoms with Crippen LogP contribution in [0.3, 0.4) is 0 Å². The molecule has 3 heteroatoms. The minimum atomic E-state index is -0.300. The molecule has 0 aromatic heterocycles. The van der Waals surface area contributed by atoms with Crippen molar-refractivity contribution in [2.24, 2.45) is 11.8 Å². The van der Waals surface area contributed by atoms with Gasteiger partial charge in [-0.15, -0.1) is 0 Å². The van der Waals surface area contributed by atoms with Crippen LogP contribution in [0.4, 0.5) is 0 Å². The van der Waals surface area contributed by atoms with Gasteiger partial charge < -0.3 is 10.4 Å². The first-order valence-corrected chi connectivity index (χ1v) is 5.79. The van der Waals surface area contributed by atoms with Crippen LogP contribution in [-0.4, -0.2) is 22.7 Å². The van der Waals surface area contributed by atoms with E-state index in [1.54, 1.807) is 0 Å². The molecule has 3 atom stereocenters. The molecule has 0 bridgehead atoms. The Kier molecular flexibility index (Phi) is 3.77. The van der Waals surface area contributed by atoms with Crippen molar-refractivity contribution in [1.82, 2.24) is 5.32 Å². The monoisotopic (exact) mass is 213 g/mol. The summed E-state index contributed by atoms with van der Waals surface area (Å²) >= 11 is 0. The molecule has 0 radical (unpaired) electrons. The number of aliphatic hydroxyl groups excluding tert-OH is 1. The van der Waals surface area contributed by atoms with Crippen LogP contribution in [0.15, 0.2) is 0 Å². The van der Waals surface area contributed by atoms with Crippen LogP contribution in [0.1, 0.15) is 47.0 Å². The highest BCUT2D eigenvalue weighted by atomic mass is 16.3. The quantitative estimate of drug-likeness (QED) is 0.733. The fourth-order valence-corrected chi connectivity index (χ4v) is 2.74. The highest BCUT2D eigenvalue weighted by Crippen LogP contribution is 2.35. The second-order valence-electron chi connectivity index (χ2n) is 5.49. The first kappa shape index (κ1) is 12.5. The van der Waals surface area contributed by atoms with Gasteiger partial charge in [-0.1, -0.05) is 13.3 Å². The first-order chi connectivity index (χ1) is 6.83. The lowest BCUT2D eigenvalue weighted by atomic mass is 9.72. The summed E-state index contributed by atoms with van der Waals surface area (Å²) in [6.07, 6.45) is 2.71. The molecule has 3 nitrogen and oxygen atoms in total. The Bertz CT molecular complexity index is 238. The summed E-state index contributed by atoms with van der Waals surface area (Å²) in [5.74, 6) is 0.757. The highest BCUT2D eigenvalue weighted by molar-refractivity contribution is 5.73. The first-order valence-electron chi connectivity index (χ1n) is 5.79. The Labute approximate surface area is 92.3 Å². The lowest BCUT2D eigenvalue weighted by molar-refractivity contribution is -0.122. The third kappa shape index (κ3) is 3.20. The normalized spacial score (nSPS) is 32.5. The van der Waals surface area contributed by atoms with E-state index >= 15 is 0 Å². The maximum atomic E-state index is 11.1. The Morgan fingerprint density at radius 2 is 2.00 bits per heavy atom. The number of carbonyl (C=O) groups excluding carboxylic acids is 1. The molecule has 1 aliphatic rings. The largest absolute Gasteiger partial charge is 0.393 e. The van der Waals surface area contributed by atoms with Crippen LogP contribution in [-0.2, 0) is 4.79 Å². The van der Waals surface area contributed by atoms with Gasteiger partial charge in [-0.25, -0.2) is 0 Å². The van der Waals surface area contributed by atoms with E-state index in [4.69, 9.17) is 0 Å². The summed E-state index contributed by atoms with van der Waals surface area (Å²) in [6, 6.07) is 0. The maximum Gasteiger partial charge on any atom is 0.217 e. The van der Waals surface area contributed by atoms with Crippen LogP contribution in [0, 0.1) is 11.8 Å². The second kappa shape index (κ2) is 4.52. The molecule has 1 aliphatic carbocycles. The molecule has 0 aromatic carbocycles. The molecule has 15 heavy (non-hydrogen) atoms. The molecular formula is C12H23NO2. The fraction of sp³-hybridized carbons (Fsp3) is 0.917. The van der Waals surface area contributed by atoms with Crippen molar-refractivity contribution >= 4 is 5.91 Å². The molecule has 2 N–H and O–H groups in total. The van der Waals surface area contributed by atoms with Crippen LogP contribution in [0.25, 0.3) is 0 Å². The molecule has 0 spiro atoms. The van der Waals surface area contributed by atoms with Crippen molar-refractivity contribution in [3.63, 3.8) is 0 Å². The van der Waals surface area contributed by atoms with Gasteiger partial charge in [-0.2, -0.15) is 0 Å². The van der Waals surface area contributed by atoms with E-state index in [0.29, 0.717) is 5.92 Å². The predicted molar refractivity (Wildman–Crippen MR) is 60.4 cm³/mol. The SMILES string of the molecule is CC(=O)NC(C)(C)[C@@H]1CC[C@@H](C)C[C@H]1O. The van der Waals surface area contributed by atoms with Crippen LogP contribution in [0.5, 0.6) is 0 Å². The predicted octanol–water partition coefficient (Wildman–Crippen LogP) is 1.70. The van der Waals surface area contributed by atoms with Gasteiger partial charge in [-0.3, -0.25) is 4.79 Å². The molecule has 1 amide bonds. The lowest BCUT2D eigenvalue weighted by Gasteiger charge is -2.42. The number of nitrogens with one attached hydrogen (secondary N) is 1. The van der Waals surface area contributed by atoms with Gasteiger partial charge in [0, 0.05) is 18.4 Å². The van der Waals surface area contributed by atoms with Gasteiger partial charge in [0.25, 0.3) is 0 Å². The number of carbonyl (C=O) groups is 1. The minimum absolute atomic E-state index is 0.0224. The van der Waals surface area contributed by atoms with Crippen LogP contribution in [0.2, 0.25) is 0 Å². The summed E-state index contributed by atoms with van der Waals surface area (Å²) in [4.78, 5) is 11.1. The fourth-order valence-electron chi connectivity index (χ4n) is 2.74. The second-order valence-corrected chi connectivity index (χ2v) is 5.49. The lowest BCUT2D eigenvalue weighted by Crippen LogP contribution is -2.53. The Morgan fingerprint density at radius 1 is 1.40 bits per heavy atom. The van der Waals surface area contributed by atoms with Gasteiger partial charge in [0.1, 0.15) is 0 Å². The van der Waals surface area contributed by atoms with Gasteiger partial charge in [0.2, 0.25) is 5.91 Å². The van der Waals surface area contributed by atoms with Gasteiger partial charge in [-0.05, 0) is 32.6 Å². The molecule has 1 fully saturated rings. The van der Waals surface area contributed by atoms with Gasteiger partial charge in [0.15, 0.2) is 0 Å². The van der Waals surface area contributed by atoms with Gasteiger partial charge >= 0.3 is 0 Å². The van der Waals surface area contributed by atoms with Crippen molar-refractivity contribution in [1.29, 1.82) is 0 Å². The average molecular weight is 213 g/mol. The molecule has 0 saturated heterocycles. The van der Waals surface area contributed by atoms with Crippen molar-refractivity contribution in [3.8, 4) is 0 Å². The van der Waals surface area contributed by atoms with Crippen molar-refractivity contribution in [3.05, 3.63) is 0 Å². The number of hydrogen-bond donors (Lipinski definition) is 2. The van der Waals surface area contributed by atoms with E-state index < -0.39 is 0 Å². The molecule has 88 valence electrons. The van der Waals surface area contributed by atoms with Crippen molar-refractivity contribution in [2.75, 3.05) is 0 Å². The Morgan fingerprint density at radius 3 is 2.47 bits per heavy atom. The molecular weight excluding hydrogens is 190 g/mol. The summed E-state index contributed by atoms with van der Waals surface area (Å²) in [5, 5.41) is 13.0. The Hall–Kier alpha value is -0.570. The van der Waals surface area contributed by atoms with E-state index in [2.05, 4.69) is 12.2 Å². The number of aliphatic hydroxyl groups is 1. The minimum Gasteiger partial charge on any atom is -0.393 e. The zero-order valence-corrected chi connectivity index (χ0v) is 10.2. The third-order valence-corrected chi connectivity index (χ3v) is 3.50. The maximum absolute atomic E-state index is 11.1. The smallest absolute Gasteiger partial charge is 0.217 e. The number of rotatable bonds is 2. The zero-order valence-electron chi connectivity index (χ0n) is 10.2. The van der Waals surface area contributed by atoms with E-state index in [1.165, 1.54) is 6.92 Å². The molecule has 0 aromatic rings. The highest BCUT2D eigenvalue weighted by Gasteiger charge is 2.38. The van der Waals surface area contributed by atoms with Crippen LogP contribution >= 0.6 is 0 Å². The standard InChI is InChI=1S/C12H23NO2/c1-8-5-6-10(11(15)7-8)12(3,4)13-9(2)14/h8,10-11,15H,5-7H2,1-4H3,(H,13,14)/t8-,10-,11-/m1/s1. The summed E-state index contributed by atoms with van der Waals surface area (Å²) in [6.45, 7) is 7.70. The van der Waals surface area contributed by atoms with E-state index in [-0.39, 0.29) is 23.5 Å². The zero-order chi connectivity index (χ0) is 11.6. The number of hydrogen-bond acceptors (Lipinski definition) is 2. The van der Waals surface area contributed by atoms with Crippen molar-refractivity contribution < 1.29 is 9.90 Å². The summed E-state index contributed by atoms with van der Waals surface area (Å²) in [7, 11) is 0. The van der Waals surface area contributed by atoms with Crippen molar-refractivity contribution in [2.45, 2.75) is 58.6 Å². The average Bonchev–Trinajstić information content (AvgIpc) is 1.99. The molecule has 1 rings (SSSR count). The Balaban J connectivity index is 2.65. The van der Waals surface area contributed by atoms with E-state index in [0.717, 1.165) is 19.3 Å². The molecule has 0 aliphatic heterocycles. The van der Waals surface area contributed by atoms with E-state index in [9.17, 15) is 9.90 Å². The van der Waals surface area contributed by atoms with E-state index in [1.807, 2.05) is 13.8 Å². The summed E-state index contributed by atoms with van der Waals surface area (Å²) in [5.41, 5.74) is -0.300. The van der Waals surface area contributed by atoms with Gasteiger partial charge in [0.05, 0.1) is 6.10 Å². The van der Waals surface area contributed by atoms with Crippen LogP contribution < -0.4 is 5.32 Å². The molecule has 1 saturated carbocycles. The third-order valence-electron chi connectivity index (χ3n) is 3.50. The molecule has 0 heterocycles. The summed E-state index contributed by atoms with van der Waals surface area (Å²) < 4.78 is 0. The topological polar surface area (TPSA) is 49.3 Å². The molecule has 0 unspecified atom stereocenters.